The molecule has 0 aromatic heterocycles. The molecule has 5 nitrogen and oxygen atoms in total. The van der Waals surface area contributed by atoms with Gasteiger partial charge < -0.3 is 10.2 Å². The number of halogens is 3. The summed E-state index contributed by atoms with van der Waals surface area (Å²) in [6.45, 7) is 2.72. The monoisotopic (exact) mass is 392 g/mol. The van der Waals surface area contributed by atoms with Crippen molar-refractivity contribution in [2.75, 3.05) is 16.8 Å². The van der Waals surface area contributed by atoms with E-state index in [-0.39, 0.29) is 30.3 Å². The van der Waals surface area contributed by atoms with Crippen molar-refractivity contribution in [3.05, 3.63) is 59.7 Å². The molecule has 0 spiro atoms. The van der Waals surface area contributed by atoms with Crippen LogP contribution in [0.3, 0.4) is 0 Å². The van der Waals surface area contributed by atoms with E-state index in [2.05, 4.69) is 5.32 Å². The van der Waals surface area contributed by atoms with Crippen molar-refractivity contribution in [1.29, 1.82) is 0 Å². The van der Waals surface area contributed by atoms with Gasteiger partial charge in [0, 0.05) is 36.8 Å². The van der Waals surface area contributed by atoms with Gasteiger partial charge in [-0.3, -0.25) is 14.4 Å². The van der Waals surface area contributed by atoms with Gasteiger partial charge in [0.15, 0.2) is 5.78 Å². The molecule has 0 aliphatic carbocycles. The molecule has 0 saturated heterocycles. The van der Waals surface area contributed by atoms with Crippen LogP contribution in [0.4, 0.5) is 24.5 Å². The van der Waals surface area contributed by atoms with Crippen LogP contribution < -0.4 is 10.2 Å². The number of benzene rings is 2. The third-order valence-corrected chi connectivity index (χ3v) is 4.02. The molecule has 2 aromatic rings. The van der Waals surface area contributed by atoms with Crippen LogP contribution in [-0.4, -0.2) is 24.1 Å². The Hall–Kier alpha value is -3.16. The number of hydrogen-bond donors (Lipinski definition) is 1. The minimum Gasteiger partial charge on any atom is -0.326 e. The maximum Gasteiger partial charge on any atom is 0.416 e. The Balaban J connectivity index is 2.00. The number of Topliss-reactive ketones (excluding diaryl/α,β-unsaturated/α-hetero) is 1. The summed E-state index contributed by atoms with van der Waals surface area (Å²) in [5, 5.41) is 2.65. The van der Waals surface area contributed by atoms with Gasteiger partial charge in [0.25, 0.3) is 0 Å². The highest BCUT2D eigenvalue weighted by molar-refractivity contribution is 5.96. The topological polar surface area (TPSA) is 66.5 Å². The van der Waals surface area contributed by atoms with Crippen molar-refractivity contribution in [2.45, 2.75) is 26.4 Å². The van der Waals surface area contributed by atoms with Crippen LogP contribution in [0.5, 0.6) is 0 Å². The normalized spacial score (nSPS) is 11.0. The summed E-state index contributed by atoms with van der Waals surface area (Å²) in [6.07, 6.45) is -4.51. The van der Waals surface area contributed by atoms with Crippen molar-refractivity contribution in [1.82, 2.24) is 0 Å². The van der Waals surface area contributed by atoms with Crippen molar-refractivity contribution < 1.29 is 27.6 Å². The fourth-order valence-electron chi connectivity index (χ4n) is 2.52. The Morgan fingerprint density at radius 2 is 1.50 bits per heavy atom. The molecule has 0 aliphatic heterocycles. The Morgan fingerprint density at radius 1 is 0.929 bits per heavy atom. The van der Waals surface area contributed by atoms with E-state index in [1.807, 2.05) is 0 Å². The smallest absolute Gasteiger partial charge is 0.326 e. The zero-order valence-corrected chi connectivity index (χ0v) is 15.3. The first-order valence-corrected chi connectivity index (χ1v) is 8.44. The van der Waals surface area contributed by atoms with Crippen molar-refractivity contribution >= 4 is 29.0 Å². The number of hydrogen-bond acceptors (Lipinski definition) is 3. The molecule has 0 atom stereocenters. The van der Waals surface area contributed by atoms with Crippen LogP contribution >= 0.6 is 0 Å². The molecule has 2 aromatic carbocycles. The molecule has 0 heterocycles. The maximum atomic E-state index is 12.7. The molecule has 0 aliphatic rings. The number of carbonyl (C=O) groups excluding carboxylic acids is 3. The SMILES string of the molecule is CC(=O)c1ccc(NC(=O)CCN(C(C)=O)c2ccc(C(F)(F)F)cc2)cc1. The summed E-state index contributed by atoms with van der Waals surface area (Å²) in [5.41, 5.74) is 0.479. The van der Waals surface area contributed by atoms with Gasteiger partial charge in [-0.05, 0) is 55.5 Å². The highest BCUT2D eigenvalue weighted by atomic mass is 19.4. The zero-order chi connectivity index (χ0) is 20.9. The fraction of sp³-hybridized carbons (Fsp3) is 0.250. The van der Waals surface area contributed by atoms with Crippen LogP contribution in [0, 0.1) is 0 Å². The van der Waals surface area contributed by atoms with Crippen LogP contribution in [0.2, 0.25) is 0 Å². The Morgan fingerprint density at radius 3 is 1.96 bits per heavy atom. The van der Waals surface area contributed by atoms with Gasteiger partial charge in [-0.2, -0.15) is 13.2 Å². The molecular weight excluding hydrogens is 373 g/mol. The second kappa shape index (κ2) is 8.69. The first kappa shape index (κ1) is 21.1. The molecule has 0 radical (unpaired) electrons. The molecule has 1 N–H and O–H groups in total. The number of ketones is 1. The summed E-state index contributed by atoms with van der Waals surface area (Å²) in [4.78, 5) is 36.4. The van der Waals surface area contributed by atoms with E-state index < -0.39 is 17.6 Å². The quantitative estimate of drug-likeness (QED) is 0.746. The molecule has 2 rings (SSSR count). The highest BCUT2D eigenvalue weighted by Gasteiger charge is 2.30. The number of nitrogens with one attached hydrogen (secondary N) is 1. The van der Waals surface area contributed by atoms with Gasteiger partial charge in [0.2, 0.25) is 11.8 Å². The predicted molar refractivity (Wildman–Crippen MR) is 99.2 cm³/mol. The second-order valence-electron chi connectivity index (χ2n) is 6.15. The molecule has 0 fully saturated rings. The minimum absolute atomic E-state index is 0.0120. The highest BCUT2D eigenvalue weighted by Crippen LogP contribution is 2.30. The molecule has 148 valence electrons. The fourth-order valence-corrected chi connectivity index (χ4v) is 2.52. The zero-order valence-electron chi connectivity index (χ0n) is 15.3. The van der Waals surface area contributed by atoms with Crippen LogP contribution in [0.15, 0.2) is 48.5 Å². The Labute approximate surface area is 160 Å². The van der Waals surface area contributed by atoms with E-state index in [1.54, 1.807) is 24.3 Å². The lowest BCUT2D eigenvalue weighted by Crippen LogP contribution is -2.32. The standard InChI is InChI=1S/C20H19F3N2O3/c1-13(26)15-3-7-17(8-4-15)24-19(28)11-12-25(14(2)27)18-9-5-16(6-10-18)20(21,22)23/h3-10H,11-12H2,1-2H3,(H,24,28). The van der Waals surface area contributed by atoms with Gasteiger partial charge in [-0.1, -0.05) is 0 Å². The average Bonchev–Trinajstić information content (AvgIpc) is 2.61. The van der Waals surface area contributed by atoms with E-state index in [4.69, 9.17) is 0 Å². The molecule has 28 heavy (non-hydrogen) atoms. The summed E-state index contributed by atoms with van der Waals surface area (Å²) in [7, 11) is 0. The number of alkyl halides is 3. The third-order valence-electron chi connectivity index (χ3n) is 4.02. The first-order valence-electron chi connectivity index (χ1n) is 8.44. The molecule has 0 saturated carbocycles. The summed E-state index contributed by atoms with van der Waals surface area (Å²) in [6, 6.07) is 10.5. The van der Waals surface area contributed by atoms with E-state index in [0.29, 0.717) is 11.3 Å². The molecule has 2 amide bonds. The van der Waals surface area contributed by atoms with E-state index in [0.717, 1.165) is 12.1 Å². The van der Waals surface area contributed by atoms with Crippen LogP contribution in [0.1, 0.15) is 36.2 Å². The van der Waals surface area contributed by atoms with Crippen molar-refractivity contribution in [3.8, 4) is 0 Å². The van der Waals surface area contributed by atoms with Crippen molar-refractivity contribution in [2.24, 2.45) is 0 Å². The van der Waals surface area contributed by atoms with Gasteiger partial charge in [-0.25, -0.2) is 0 Å². The molecule has 8 heteroatoms. The number of carbonyl (C=O) groups is 3. The Bertz CT molecular complexity index is 860. The van der Waals surface area contributed by atoms with Crippen molar-refractivity contribution in [3.63, 3.8) is 0 Å². The van der Waals surface area contributed by atoms with Gasteiger partial charge >= 0.3 is 6.18 Å². The lowest BCUT2D eigenvalue weighted by atomic mass is 10.1. The van der Waals surface area contributed by atoms with E-state index in [1.165, 1.54) is 30.9 Å². The summed E-state index contributed by atoms with van der Waals surface area (Å²) >= 11 is 0. The predicted octanol–water partition coefficient (Wildman–Crippen LogP) is 4.29. The maximum absolute atomic E-state index is 12.7. The van der Waals surface area contributed by atoms with E-state index in [9.17, 15) is 27.6 Å². The number of nitrogens with zero attached hydrogens (tertiary/aromatic N) is 1. The van der Waals surface area contributed by atoms with Gasteiger partial charge in [0.1, 0.15) is 0 Å². The lowest BCUT2D eigenvalue weighted by molar-refractivity contribution is -0.137. The Kier molecular flexibility index (Phi) is 6.56. The number of anilines is 2. The van der Waals surface area contributed by atoms with Gasteiger partial charge in [0.05, 0.1) is 5.56 Å². The number of amides is 2. The third kappa shape index (κ3) is 5.67. The summed E-state index contributed by atoms with van der Waals surface area (Å²) < 4.78 is 38.0. The number of rotatable bonds is 6. The lowest BCUT2D eigenvalue weighted by Gasteiger charge is -2.21. The molecule has 0 unspecified atom stereocenters. The minimum atomic E-state index is -4.46. The molecular formula is C20H19F3N2O3. The van der Waals surface area contributed by atoms with E-state index >= 15 is 0 Å². The largest absolute Gasteiger partial charge is 0.416 e. The van der Waals surface area contributed by atoms with Crippen LogP contribution in [0.25, 0.3) is 0 Å². The molecule has 0 bridgehead atoms. The summed E-state index contributed by atoms with van der Waals surface area (Å²) in [5.74, 6) is -0.848. The van der Waals surface area contributed by atoms with Gasteiger partial charge in [-0.15, -0.1) is 0 Å². The van der Waals surface area contributed by atoms with Crippen LogP contribution in [-0.2, 0) is 15.8 Å². The average molecular weight is 392 g/mol. The second-order valence-corrected chi connectivity index (χ2v) is 6.15. The first-order chi connectivity index (χ1) is 13.1.